The second-order valence-corrected chi connectivity index (χ2v) is 3.58. The molecule has 0 spiro atoms. The summed E-state index contributed by atoms with van der Waals surface area (Å²) in [7, 11) is 0. The molecular weight excluding hydrogens is 212 g/mol. The fraction of sp³-hybridized carbons (Fsp3) is 0.222. The van der Waals surface area contributed by atoms with Crippen molar-refractivity contribution < 1.29 is 4.79 Å². The molecule has 1 N–H and O–H groups in total. The SMILES string of the molecule is CCn1ccnc1NC(=O)c1cscn1. The molecule has 0 radical (unpaired) electrons. The van der Waals surface area contributed by atoms with Gasteiger partial charge in [0.15, 0.2) is 0 Å². The van der Waals surface area contributed by atoms with E-state index in [4.69, 9.17) is 0 Å². The summed E-state index contributed by atoms with van der Waals surface area (Å²) in [5.41, 5.74) is 2.05. The summed E-state index contributed by atoms with van der Waals surface area (Å²) >= 11 is 1.39. The normalized spacial score (nSPS) is 10.2. The number of imidazole rings is 1. The number of nitrogens with one attached hydrogen (secondary N) is 1. The van der Waals surface area contributed by atoms with E-state index < -0.39 is 0 Å². The Labute approximate surface area is 90.8 Å². The molecule has 2 heterocycles. The monoisotopic (exact) mass is 222 g/mol. The van der Waals surface area contributed by atoms with Crippen molar-refractivity contribution in [2.75, 3.05) is 5.32 Å². The highest BCUT2D eigenvalue weighted by Crippen LogP contribution is 2.07. The smallest absolute Gasteiger partial charge is 0.277 e. The third-order valence-corrected chi connectivity index (χ3v) is 2.53. The van der Waals surface area contributed by atoms with Gasteiger partial charge in [0.2, 0.25) is 5.95 Å². The van der Waals surface area contributed by atoms with Crippen LogP contribution in [0.5, 0.6) is 0 Å². The number of amides is 1. The summed E-state index contributed by atoms with van der Waals surface area (Å²) in [4.78, 5) is 19.6. The summed E-state index contributed by atoms with van der Waals surface area (Å²) < 4.78 is 1.85. The van der Waals surface area contributed by atoms with Crippen LogP contribution in [0, 0.1) is 0 Å². The van der Waals surface area contributed by atoms with E-state index in [2.05, 4.69) is 15.3 Å². The first-order valence-electron chi connectivity index (χ1n) is 4.52. The highest BCUT2D eigenvalue weighted by molar-refractivity contribution is 7.07. The lowest BCUT2D eigenvalue weighted by atomic mass is 10.4. The molecule has 0 aliphatic rings. The van der Waals surface area contributed by atoms with Crippen molar-refractivity contribution in [3.05, 3.63) is 29.0 Å². The summed E-state index contributed by atoms with van der Waals surface area (Å²) in [6, 6.07) is 0. The van der Waals surface area contributed by atoms with Crippen LogP contribution in [0.4, 0.5) is 5.95 Å². The van der Waals surface area contributed by atoms with E-state index in [1.807, 2.05) is 17.7 Å². The Morgan fingerprint density at radius 2 is 2.47 bits per heavy atom. The Bertz CT molecular complexity index is 448. The zero-order valence-electron chi connectivity index (χ0n) is 8.17. The second kappa shape index (κ2) is 4.22. The average molecular weight is 222 g/mol. The van der Waals surface area contributed by atoms with Crippen LogP contribution in [-0.4, -0.2) is 20.4 Å². The van der Waals surface area contributed by atoms with Crippen molar-refractivity contribution >= 4 is 23.2 Å². The van der Waals surface area contributed by atoms with Crippen LogP contribution in [0.3, 0.4) is 0 Å². The van der Waals surface area contributed by atoms with E-state index in [1.165, 1.54) is 11.3 Å². The molecule has 78 valence electrons. The quantitative estimate of drug-likeness (QED) is 0.858. The van der Waals surface area contributed by atoms with Gasteiger partial charge in [0.25, 0.3) is 5.91 Å². The molecule has 1 amide bonds. The maximum atomic E-state index is 11.6. The minimum atomic E-state index is -0.225. The summed E-state index contributed by atoms with van der Waals surface area (Å²) in [6.45, 7) is 2.76. The number of carbonyl (C=O) groups is 1. The molecule has 2 aromatic heterocycles. The maximum Gasteiger partial charge on any atom is 0.277 e. The maximum absolute atomic E-state index is 11.6. The van der Waals surface area contributed by atoms with Gasteiger partial charge in [0, 0.05) is 24.3 Å². The van der Waals surface area contributed by atoms with Gasteiger partial charge >= 0.3 is 0 Å². The van der Waals surface area contributed by atoms with Crippen molar-refractivity contribution in [2.24, 2.45) is 0 Å². The van der Waals surface area contributed by atoms with E-state index in [1.54, 1.807) is 17.1 Å². The van der Waals surface area contributed by atoms with E-state index in [0.29, 0.717) is 11.6 Å². The fourth-order valence-corrected chi connectivity index (χ4v) is 1.71. The minimum absolute atomic E-state index is 0.225. The zero-order chi connectivity index (χ0) is 10.7. The summed E-state index contributed by atoms with van der Waals surface area (Å²) in [6.07, 6.45) is 3.47. The largest absolute Gasteiger partial charge is 0.317 e. The first-order chi connectivity index (χ1) is 7.31. The van der Waals surface area contributed by atoms with Crippen LogP contribution in [-0.2, 0) is 6.54 Å². The number of hydrogen-bond donors (Lipinski definition) is 1. The van der Waals surface area contributed by atoms with E-state index in [9.17, 15) is 4.79 Å². The van der Waals surface area contributed by atoms with Crippen LogP contribution in [0.25, 0.3) is 0 Å². The van der Waals surface area contributed by atoms with Crippen molar-refractivity contribution in [1.82, 2.24) is 14.5 Å². The molecule has 6 heteroatoms. The van der Waals surface area contributed by atoms with Gasteiger partial charge in [-0.1, -0.05) is 0 Å². The molecule has 5 nitrogen and oxygen atoms in total. The molecule has 0 aliphatic heterocycles. The molecular formula is C9H10N4OS. The number of aromatic nitrogens is 3. The predicted molar refractivity (Wildman–Crippen MR) is 58.0 cm³/mol. The third-order valence-electron chi connectivity index (χ3n) is 1.95. The van der Waals surface area contributed by atoms with Gasteiger partial charge in [-0.2, -0.15) is 0 Å². The number of anilines is 1. The van der Waals surface area contributed by atoms with Crippen molar-refractivity contribution in [2.45, 2.75) is 13.5 Å². The number of nitrogens with zero attached hydrogens (tertiary/aromatic N) is 3. The van der Waals surface area contributed by atoms with Crippen molar-refractivity contribution in [1.29, 1.82) is 0 Å². The Balaban J connectivity index is 2.13. The number of aryl methyl sites for hydroxylation is 1. The molecule has 0 saturated heterocycles. The molecule has 2 rings (SSSR count). The molecule has 0 saturated carbocycles. The highest BCUT2D eigenvalue weighted by atomic mass is 32.1. The van der Waals surface area contributed by atoms with Crippen LogP contribution in [0.1, 0.15) is 17.4 Å². The lowest BCUT2D eigenvalue weighted by molar-refractivity contribution is 0.102. The molecule has 2 aromatic rings. The number of rotatable bonds is 3. The van der Waals surface area contributed by atoms with Gasteiger partial charge in [0.05, 0.1) is 5.51 Å². The topological polar surface area (TPSA) is 59.8 Å². The molecule has 0 fully saturated rings. The van der Waals surface area contributed by atoms with E-state index in [0.717, 1.165) is 6.54 Å². The minimum Gasteiger partial charge on any atom is -0.317 e. The van der Waals surface area contributed by atoms with Gasteiger partial charge in [-0.15, -0.1) is 11.3 Å². The van der Waals surface area contributed by atoms with E-state index in [-0.39, 0.29) is 5.91 Å². The third kappa shape index (κ3) is 2.04. The lowest BCUT2D eigenvalue weighted by Crippen LogP contribution is -2.15. The number of hydrogen-bond acceptors (Lipinski definition) is 4. The predicted octanol–water partition coefficient (Wildman–Crippen LogP) is 1.61. The Hall–Kier alpha value is -1.69. The first-order valence-corrected chi connectivity index (χ1v) is 5.46. The Morgan fingerprint density at radius 1 is 1.60 bits per heavy atom. The molecule has 0 bridgehead atoms. The fourth-order valence-electron chi connectivity index (χ4n) is 1.18. The summed E-state index contributed by atoms with van der Waals surface area (Å²) in [5.74, 6) is 0.327. The van der Waals surface area contributed by atoms with Crippen LogP contribution in [0.15, 0.2) is 23.3 Å². The van der Waals surface area contributed by atoms with Crippen LogP contribution >= 0.6 is 11.3 Å². The number of thiazole rings is 1. The van der Waals surface area contributed by atoms with Gasteiger partial charge in [-0.05, 0) is 6.92 Å². The standard InChI is InChI=1S/C9H10N4OS/c1-2-13-4-3-10-9(13)12-8(14)7-5-15-6-11-7/h3-6H,2H2,1H3,(H,10,12,14). The molecule has 15 heavy (non-hydrogen) atoms. The van der Waals surface area contributed by atoms with Crippen LogP contribution in [0.2, 0.25) is 0 Å². The average Bonchev–Trinajstić information content (AvgIpc) is 2.87. The van der Waals surface area contributed by atoms with Crippen LogP contribution < -0.4 is 5.32 Å². The van der Waals surface area contributed by atoms with Gasteiger partial charge < -0.3 is 4.57 Å². The molecule has 0 atom stereocenters. The first kappa shape index (κ1) is 9.85. The Kier molecular flexibility index (Phi) is 2.77. The van der Waals surface area contributed by atoms with Crippen molar-refractivity contribution in [3.8, 4) is 0 Å². The molecule has 0 aromatic carbocycles. The Morgan fingerprint density at radius 3 is 3.13 bits per heavy atom. The molecule has 0 aliphatic carbocycles. The highest BCUT2D eigenvalue weighted by Gasteiger charge is 2.10. The van der Waals surface area contributed by atoms with Gasteiger partial charge in [-0.25, -0.2) is 9.97 Å². The lowest BCUT2D eigenvalue weighted by Gasteiger charge is -2.04. The molecule has 0 unspecified atom stereocenters. The van der Waals surface area contributed by atoms with E-state index >= 15 is 0 Å². The second-order valence-electron chi connectivity index (χ2n) is 2.86. The van der Waals surface area contributed by atoms with Crippen molar-refractivity contribution in [3.63, 3.8) is 0 Å². The number of carbonyl (C=O) groups excluding carboxylic acids is 1. The van der Waals surface area contributed by atoms with Gasteiger partial charge in [0.1, 0.15) is 5.69 Å². The van der Waals surface area contributed by atoms with Gasteiger partial charge in [-0.3, -0.25) is 10.1 Å². The summed E-state index contributed by atoms with van der Waals surface area (Å²) in [5, 5.41) is 4.40. The zero-order valence-corrected chi connectivity index (χ0v) is 8.99.